The highest BCUT2D eigenvalue weighted by Gasteiger charge is 2.37. The molecule has 3 atom stereocenters. The highest BCUT2D eigenvalue weighted by molar-refractivity contribution is 5.79. The Morgan fingerprint density at radius 1 is 1.04 bits per heavy atom. The number of rotatable bonds is 3. The third-order valence-electron chi connectivity index (χ3n) is 6.96. The van der Waals surface area contributed by atoms with Gasteiger partial charge in [0, 0.05) is 37.1 Å². The molecule has 28 heavy (non-hydrogen) atoms. The lowest BCUT2D eigenvalue weighted by atomic mass is 9.82. The standard InChI is InChI=1S/C20H31N7O/c28-20(14-5-6-17-18(11-14)24-26-23-17)21-15-7-9-27(10-8-15)19-12-13-3-1-2-4-16(13)22-25-19/h12,14-15,17-18,23-24,26H,1-11H2,(H,21,28). The zero-order chi connectivity index (χ0) is 18.9. The van der Waals surface area contributed by atoms with Crippen LogP contribution in [0.3, 0.4) is 0 Å². The summed E-state index contributed by atoms with van der Waals surface area (Å²) in [5.74, 6) is 1.37. The first-order valence-electron chi connectivity index (χ1n) is 10.9. The summed E-state index contributed by atoms with van der Waals surface area (Å²) in [6, 6.07) is 3.33. The fourth-order valence-electron chi connectivity index (χ4n) is 5.17. The Labute approximate surface area is 166 Å². The first kappa shape index (κ1) is 18.3. The minimum Gasteiger partial charge on any atom is -0.355 e. The van der Waals surface area contributed by atoms with E-state index in [-0.39, 0.29) is 17.9 Å². The maximum absolute atomic E-state index is 12.8. The molecule has 3 fully saturated rings. The van der Waals surface area contributed by atoms with Gasteiger partial charge in [-0.05, 0) is 69.4 Å². The van der Waals surface area contributed by atoms with Crippen molar-refractivity contribution >= 4 is 11.7 Å². The van der Waals surface area contributed by atoms with Gasteiger partial charge in [-0.3, -0.25) is 4.79 Å². The van der Waals surface area contributed by atoms with Gasteiger partial charge in [-0.2, -0.15) is 10.6 Å². The maximum atomic E-state index is 12.8. The second kappa shape index (κ2) is 7.93. The lowest BCUT2D eigenvalue weighted by Gasteiger charge is -2.35. The number of nitrogens with zero attached hydrogens (tertiary/aromatic N) is 3. The molecule has 0 bridgehead atoms. The Morgan fingerprint density at radius 3 is 2.75 bits per heavy atom. The number of piperidine rings is 1. The number of fused-ring (bicyclic) bond motifs is 2. The molecule has 2 saturated heterocycles. The van der Waals surface area contributed by atoms with Crippen molar-refractivity contribution in [1.82, 2.24) is 31.9 Å². The topological polar surface area (TPSA) is 94.2 Å². The number of anilines is 1. The van der Waals surface area contributed by atoms with Gasteiger partial charge in [0.05, 0.1) is 5.69 Å². The van der Waals surface area contributed by atoms with E-state index < -0.39 is 0 Å². The number of amides is 1. The minimum absolute atomic E-state index is 0.125. The molecule has 8 heteroatoms. The number of hydrazine groups is 2. The molecule has 3 unspecified atom stereocenters. The van der Waals surface area contributed by atoms with Crippen LogP contribution in [-0.2, 0) is 17.6 Å². The van der Waals surface area contributed by atoms with Gasteiger partial charge in [0.15, 0.2) is 5.82 Å². The molecule has 1 aromatic heterocycles. The SMILES string of the molecule is O=C(NC1CCN(c2cc3c(nn2)CCCC3)CC1)C1CCC2NNNC2C1. The summed E-state index contributed by atoms with van der Waals surface area (Å²) in [5.41, 5.74) is 12.0. The highest BCUT2D eigenvalue weighted by Crippen LogP contribution is 2.27. The van der Waals surface area contributed by atoms with Crippen LogP contribution in [0.2, 0.25) is 0 Å². The van der Waals surface area contributed by atoms with Gasteiger partial charge in [0.1, 0.15) is 0 Å². The average molecular weight is 386 g/mol. The molecule has 0 radical (unpaired) electrons. The predicted octanol–water partition coefficient (Wildman–Crippen LogP) is 0.590. The second-order valence-electron chi connectivity index (χ2n) is 8.79. The molecule has 1 saturated carbocycles. The molecule has 0 aromatic carbocycles. The van der Waals surface area contributed by atoms with E-state index in [1.165, 1.54) is 24.1 Å². The van der Waals surface area contributed by atoms with Crippen LogP contribution in [0.1, 0.15) is 56.2 Å². The van der Waals surface area contributed by atoms with E-state index in [1.54, 1.807) is 0 Å². The van der Waals surface area contributed by atoms with E-state index in [9.17, 15) is 4.79 Å². The summed E-state index contributed by atoms with van der Waals surface area (Å²) in [5, 5.41) is 12.3. The summed E-state index contributed by atoms with van der Waals surface area (Å²) in [6.45, 7) is 1.87. The Kier molecular flexibility index (Phi) is 5.17. The minimum atomic E-state index is 0.125. The summed E-state index contributed by atoms with van der Waals surface area (Å²) >= 11 is 0. The number of aromatic nitrogens is 2. The van der Waals surface area contributed by atoms with Crippen LogP contribution in [0, 0.1) is 5.92 Å². The Hall–Kier alpha value is -1.77. The number of nitrogens with one attached hydrogen (secondary N) is 4. The van der Waals surface area contributed by atoms with E-state index in [2.05, 4.69) is 42.9 Å². The van der Waals surface area contributed by atoms with Crippen LogP contribution in [0.4, 0.5) is 5.82 Å². The van der Waals surface area contributed by atoms with Gasteiger partial charge in [-0.15, -0.1) is 5.10 Å². The van der Waals surface area contributed by atoms with Gasteiger partial charge in [0.2, 0.25) is 5.91 Å². The van der Waals surface area contributed by atoms with E-state index >= 15 is 0 Å². The predicted molar refractivity (Wildman–Crippen MR) is 106 cm³/mol. The van der Waals surface area contributed by atoms with Crippen molar-refractivity contribution in [1.29, 1.82) is 0 Å². The summed E-state index contributed by atoms with van der Waals surface area (Å²) in [4.78, 5) is 15.1. The summed E-state index contributed by atoms with van der Waals surface area (Å²) < 4.78 is 0. The Balaban J connectivity index is 1.13. The molecule has 1 amide bonds. The lowest BCUT2D eigenvalue weighted by molar-refractivity contribution is -0.127. The number of carbonyl (C=O) groups excluding carboxylic acids is 1. The van der Waals surface area contributed by atoms with Crippen molar-refractivity contribution < 1.29 is 4.79 Å². The molecular weight excluding hydrogens is 354 g/mol. The van der Waals surface area contributed by atoms with Crippen molar-refractivity contribution in [3.05, 3.63) is 17.3 Å². The van der Waals surface area contributed by atoms with Crippen LogP contribution >= 0.6 is 0 Å². The summed E-state index contributed by atoms with van der Waals surface area (Å²) in [6.07, 6.45) is 9.56. The van der Waals surface area contributed by atoms with Crippen molar-refractivity contribution in [2.75, 3.05) is 18.0 Å². The smallest absolute Gasteiger partial charge is 0.223 e. The monoisotopic (exact) mass is 385 g/mol. The fourth-order valence-corrected chi connectivity index (χ4v) is 5.17. The average Bonchev–Trinajstić information content (AvgIpc) is 3.22. The zero-order valence-electron chi connectivity index (χ0n) is 16.4. The zero-order valence-corrected chi connectivity index (χ0v) is 16.4. The van der Waals surface area contributed by atoms with Crippen molar-refractivity contribution in [3.63, 3.8) is 0 Å². The van der Waals surface area contributed by atoms with Crippen LogP contribution in [-0.4, -0.2) is 47.3 Å². The quantitative estimate of drug-likeness (QED) is 0.605. The summed E-state index contributed by atoms with van der Waals surface area (Å²) in [7, 11) is 0. The number of hydrogen-bond acceptors (Lipinski definition) is 7. The number of carbonyl (C=O) groups is 1. The molecular formula is C20H31N7O. The van der Waals surface area contributed by atoms with Crippen molar-refractivity contribution in [2.24, 2.45) is 5.92 Å². The Bertz CT molecular complexity index is 719. The Morgan fingerprint density at radius 2 is 1.86 bits per heavy atom. The van der Waals surface area contributed by atoms with Crippen molar-refractivity contribution in [2.45, 2.75) is 75.9 Å². The third kappa shape index (κ3) is 3.73. The number of aryl methyl sites for hydroxylation is 2. The van der Waals surface area contributed by atoms with Crippen LogP contribution in [0.25, 0.3) is 0 Å². The van der Waals surface area contributed by atoms with Crippen molar-refractivity contribution in [3.8, 4) is 0 Å². The number of hydrogen-bond donors (Lipinski definition) is 4. The molecule has 4 aliphatic rings. The van der Waals surface area contributed by atoms with Gasteiger partial charge >= 0.3 is 0 Å². The maximum Gasteiger partial charge on any atom is 0.223 e. The molecule has 0 spiro atoms. The van der Waals surface area contributed by atoms with E-state index in [0.29, 0.717) is 12.1 Å². The van der Waals surface area contributed by atoms with E-state index in [0.717, 1.165) is 63.9 Å². The molecule has 8 nitrogen and oxygen atoms in total. The second-order valence-corrected chi connectivity index (χ2v) is 8.79. The van der Waals surface area contributed by atoms with Gasteiger partial charge in [0.25, 0.3) is 0 Å². The van der Waals surface area contributed by atoms with Gasteiger partial charge < -0.3 is 10.2 Å². The molecule has 1 aromatic rings. The molecule has 3 heterocycles. The largest absolute Gasteiger partial charge is 0.355 e. The van der Waals surface area contributed by atoms with Gasteiger partial charge in [-0.1, -0.05) is 0 Å². The third-order valence-corrected chi connectivity index (χ3v) is 6.96. The molecule has 2 aliphatic carbocycles. The van der Waals surface area contributed by atoms with Crippen LogP contribution in [0.5, 0.6) is 0 Å². The van der Waals surface area contributed by atoms with Crippen LogP contribution in [0.15, 0.2) is 6.07 Å². The van der Waals surface area contributed by atoms with E-state index in [4.69, 9.17) is 0 Å². The molecule has 152 valence electrons. The normalized spacial score (nSPS) is 30.6. The van der Waals surface area contributed by atoms with Gasteiger partial charge in [-0.25, -0.2) is 10.9 Å². The first-order chi connectivity index (χ1) is 13.8. The van der Waals surface area contributed by atoms with Crippen LogP contribution < -0.4 is 26.6 Å². The molecule has 5 rings (SSSR count). The highest BCUT2D eigenvalue weighted by atomic mass is 16.2. The molecule has 4 N–H and O–H groups in total. The lowest BCUT2D eigenvalue weighted by Crippen LogP contribution is -2.49. The first-order valence-corrected chi connectivity index (χ1v) is 10.9. The fraction of sp³-hybridized carbons (Fsp3) is 0.750. The van der Waals surface area contributed by atoms with E-state index in [1.807, 2.05) is 0 Å². The molecule has 2 aliphatic heterocycles.